The molecule has 126 valence electrons. The molecule has 0 saturated carbocycles. The Labute approximate surface area is 146 Å². The van der Waals surface area contributed by atoms with E-state index in [0.29, 0.717) is 36.2 Å². The lowest BCUT2D eigenvalue weighted by molar-refractivity contribution is 0.0667. The van der Waals surface area contributed by atoms with Gasteiger partial charge in [-0.1, -0.05) is 15.9 Å². The number of nitrogens with one attached hydrogen (secondary N) is 1. The molecule has 1 fully saturated rings. The summed E-state index contributed by atoms with van der Waals surface area (Å²) >= 11 is 3.18. The van der Waals surface area contributed by atoms with E-state index in [1.807, 2.05) is 0 Å². The monoisotopic (exact) mass is 394 g/mol. The van der Waals surface area contributed by atoms with Crippen LogP contribution in [-0.4, -0.2) is 35.8 Å². The zero-order valence-electron chi connectivity index (χ0n) is 12.8. The van der Waals surface area contributed by atoms with Crippen molar-refractivity contribution in [3.63, 3.8) is 0 Å². The third-order valence-corrected chi connectivity index (χ3v) is 4.43. The molecule has 2 amide bonds. The smallest absolute Gasteiger partial charge is 0.289 e. The van der Waals surface area contributed by atoms with E-state index in [4.69, 9.17) is 4.42 Å². The van der Waals surface area contributed by atoms with Gasteiger partial charge < -0.3 is 14.6 Å². The van der Waals surface area contributed by atoms with Gasteiger partial charge in [0.15, 0.2) is 5.76 Å². The summed E-state index contributed by atoms with van der Waals surface area (Å²) in [6, 6.07) is 7.36. The molecule has 0 aliphatic carbocycles. The molecule has 0 atom stereocenters. The van der Waals surface area contributed by atoms with Crippen molar-refractivity contribution in [3.05, 3.63) is 58.2 Å². The first-order valence-corrected chi connectivity index (χ1v) is 8.42. The fourth-order valence-corrected chi connectivity index (χ4v) is 3.20. The van der Waals surface area contributed by atoms with Crippen LogP contribution in [0.4, 0.5) is 4.39 Å². The van der Waals surface area contributed by atoms with Gasteiger partial charge in [-0.3, -0.25) is 9.59 Å². The third-order valence-electron chi connectivity index (χ3n) is 3.97. The Hall–Kier alpha value is -2.15. The number of piperidine rings is 1. The van der Waals surface area contributed by atoms with Gasteiger partial charge in [-0.2, -0.15) is 0 Å². The van der Waals surface area contributed by atoms with Crippen molar-refractivity contribution in [1.82, 2.24) is 10.2 Å². The summed E-state index contributed by atoms with van der Waals surface area (Å²) in [5.41, 5.74) is 0.274. The second-order valence-electron chi connectivity index (χ2n) is 5.68. The van der Waals surface area contributed by atoms with Crippen molar-refractivity contribution in [2.45, 2.75) is 18.9 Å². The average molecular weight is 395 g/mol. The summed E-state index contributed by atoms with van der Waals surface area (Å²) in [4.78, 5) is 26.1. The van der Waals surface area contributed by atoms with E-state index < -0.39 is 5.82 Å². The summed E-state index contributed by atoms with van der Waals surface area (Å²) in [6.07, 6.45) is 2.76. The lowest BCUT2D eigenvalue weighted by atomic mass is 10.0. The van der Waals surface area contributed by atoms with Gasteiger partial charge in [-0.15, -0.1) is 0 Å². The van der Waals surface area contributed by atoms with Crippen molar-refractivity contribution in [2.75, 3.05) is 13.1 Å². The van der Waals surface area contributed by atoms with Gasteiger partial charge in [-0.05, 0) is 43.2 Å². The number of furan rings is 1. The van der Waals surface area contributed by atoms with Crippen LogP contribution in [0, 0.1) is 5.82 Å². The highest BCUT2D eigenvalue weighted by molar-refractivity contribution is 9.10. The van der Waals surface area contributed by atoms with Crippen LogP contribution in [0.15, 0.2) is 45.5 Å². The van der Waals surface area contributed by atoms with Gasteiger partial charge in [0.05, 0.1) is 6.26 Å². The van der Waals surface area contributed by atoms with Crippen LogP contribution < -0.4 is 5.32 Å². The predicted octanol–water partition coefficient (Wildman–Crippen LogP) is 3.22. The van der Waals surface area contributed by atoms with E-state index in [0.717, 1.165) is 0 Å². The normalized spacial score (nSPS) is 15.3. The molecule has 1 aromatic heterocycles. The van der Waals surface area contributed by atoms with Gasteiger partial charge >= 0.3 is 0 Å². The highest BCUT2D eigenvalue weighted by Gasteiger charge is 2.26. The van der Waals surface area contributed by atoms with E-state index in [-0.39, 0.29) is 23.4 Å². The van der Waals surface area contributed by atoms with Gasteiger partial charge in [0.1, 0.15) is 5.82 Å². The molecule has 7 heteroatoms. The SMILES string of the molecule is O=C(NC1CCN(C(=O)c2ccco2)CC1)c1cc(F)cc(Br)c1. The highest BCUT2D eigenvalue weighted by atomic mass is 79.9. The van der Waals surface area contributed by atoms with E-state index in [9.17, 15) is 14.0 Å². The van der Waals surface area contributed by atoms with Crippen molar-refractivity contribution >= 4 is 27.7 Å². The van der Waals surface area contributed by atoms with Gasteiger partial charge in [0.2, 0.25) is 0 Å². The predicted molar refractivity (Wildman–Crippen MR) is 89.2 cm³/mol. The van der Waals surface area contributed by atoms with Gasteiger partial charge in [0.25, 0.3) is 11.8 Å². The average Bonchev–Trinajstić information content (AvgIpc) is 3.08. The number of carbonyl (C=O) groups is 2. The lowest BCUT2D eigenvalue weighted by Crippen LogP contribution is -2.46. The van der Waals surface area contributed by atoms with Crippen LogP contribution in [-0.2, 0) is 0 Å². The first-order chi connectivity index (χ1) is 11.5. The number of nitrogens with zero attached hydrogens (tertiary/aromatic N) is 1. The first kappa shape index (κ1) is 16.7. The molecule has 1 N–H and O–H groups in total. The van der Waals surface area contributed by atoms with Crippen molar-refractivity contribution < 1.29 is 18.4 Å². The quantitative estimate of drug-likeness (QED) is 0.868. The molecule has 0 bridgehead atoms. The largest absolute Gasteiger partial charge is 0.459 e. The van der Waals surface area contributed by atoms with E-state index in [1.165, 1.54) is 18.4 Å². The number of hydrogen-bond donors (Lipinski definition) is 1. The number of halogens is 2. The van der Waals surface area contributed by atoms with Crippen LogP contribution in [0.25, 0.3) is 0 Å². The number of benzene rings is 1. The first-order valence-electron chi connectivity index (χ1n) is 7.62. The van der Waals surface area contributed by atoms with Gasteiger partial charge in [-0.25, -0.2) is 4.39 Å². The number of carbonyl (C=O) groups excluding carboxylic acids is 2. The zero-order valence-corrected chi connectivity index (χ0v) is 14.4. The minimum atomic E-state index is -0.464. The molecule has 0 unspecified atom stereocenters. The maximum absolute atomic E-state index is 13.4. The maximum atomic E-state index is 13.4. The molecular weight excluding hydrogens is 379 g/mol. The molecule has 5 nitrogen and oxygen atoms in total. The molecule has 1 saturated heterocycles. The fourth-order valence-electron chi connectivity index (χ4n) is 2.74. The fraction of sp³-hybridized carbons (Fsp3) is 0.294. The Balaban J connectivity index is 1.55. The minimum Gasteiger partial charge on any atom is -0.459 e. The van der Waals surface area contributed by atoms with Gasteiger partial charge in [0, 0.05) is 29.2 Å². The van der Waals surface area contributed by atoms with Crippen LogP contribution in [0.1, 0.15) is 33.8 Å². The van der Waals surface area contributed by atoms with Crippen molar-refractivity contribution in [1.29, 1.82) is 0 Å². The number of likely N-dealkylation sites (tertiary alicyclic amines) is 1. The van der Waals surface area contributed by atoms with E-state index in [1.54, 1.807) is 23.1 Å². The van der Waals surface area contributed by atoms with Crippen LogP contribution >= 0.6 is 15.9 Å². The molecule has 1 aliphatic heterocycles. The summed E-state index contributed by atoms with van der Waals surface area (Å²) in [7, 11) is 0. The Morgan fingerprint density at radius 1 is 1.25 bits per heavy atom. The Morgan fingerprint density at radius 3 is 2.62 bits per heavy atom. The topological polar surface area (TPSA) is 62.6 Å². The number of rotatable bonds is 3. The molecule has 2 heterocycles. The Kier molecular flexibility index (Phi) is 4.99. The van der Waals surface area contributed by atoms with Crippen LogP contribution in [0.3, 0.4) is 0 Å². The highest BCUT2D eigenvalue weighted by Crippen LogP contribution is 2.17. The summed E-state index contributed by atoms with van der Waals surface area (Å²) in [6.45, 7) is 1.08. The second-order valence-corrected chi connectivity index (χ2v) is 6.59. The summed E-state index contributed by atoms with van der Waals surface area (Å²) in [5.74, 6) is -0.597. The summed E-state index contributed by atoms with van der Waals surface area (Å²) in [5, 5.41) is 2.90. The molecule has 0 radical (unpaired) electrons. The number of amides is 2. The molecule has 3 rings (SSSR count). The Bertz CT molecular complexity index is 720. The molecular formula is C17H16BrFN2O3. The summed E-state index contributed by atoms with van der Waals surface area (Å²) < 4.78 is 19.0. The van der Waals surface area contributed by atoms with Crippen LogP contribution in [0.2, 0.25) is 0 Å². The Morgan fingerprint density at radius 2 is 2.00 bits per heavy atom. The molecule has 0 spiro atoms. The number of hydrogen-bond acceptors (Lipinski definition) is 3. The molecule has 2 aromatic rings. The third kappa shape index (κ3) is 3.84. The zero-order chi connectivity index (χ0) is 17.1. The van der Waals surface area contributed by atoms with Crippen molar-refractivity contribution in [2.24, 2.45) is 0 Å². The maximum Gasteiger partial charge on any atom is 0.289 e. The second kappa shape index (κ2) is 7.17. The van der Waals surface area contributed by atoms with Crippen molar-refractivity contribution in [3.8, 4) is 0 Å². The molecule has 1 aromatic carbocycles. The van der Waals surface area contributed by atoms with E-state index in [2.05, 4.69) is 21.2 Å². The molecule has 1 aliphatic rings. The molecule has 24 heavy (non-hydrogen) atoms. The standard InChI is InChI=1S/C17H16BrFN2O3/c18-12-8-11(9-13(19)10-12)16(22)20-14-3-5-21(6-4-14)17(23)15-2-1-7-24-15/h1-2,7-10,14H,3-6H2,(H,20,22). The minimum absolute atomic E-state index is 0.0415. The lowest BCUT2D eigenvalue weighted by Gasteiger charge is -2.31. The van der Waals surface area contributed by atoms with Crippen LogP contribution in [0.5, 0.6) is 0 Å². The van der Waals surface area contributed by atoms with E-state index >= 15 is 0 Å².